The van der Waals surface area contributed by atoms with Crippen molar-refractivity contribution in [2.45, 2.75) is 57.8 Å². The summed E-state index contributed by atoms with van der Waals surface area (Å²) < 4.78 is 6.92. The molecule has 4 bridgehead atoms. The zero-order valence-electron chi connectivity index (χ0n) is 13.3. The van der Waals surface area contributed by atoms with E-state index in [4.69, 9.17) is 4.74 Å². The maximum absolute atomic E-state index is 5.73. The fourth-order valence-electron chi connectivity index (χ4n) is 6.84. The van der Waals surface area contributed by atoms with Crippen LogP contribution in [0.3, 0.4) is 0 Å². The standard InChI is InChI=1S/C19H25BrO/c1-17-7-13-8-18(2,10-17)12-19(9-13,11-17)15-6-14(20)4-5-16(15)21-3/h4-6,13H,7-12H2,1-3H3. The molecule has 21 heavy (non-hydrogen) atoms. The van der Waals surface area contributed by atoms with Gasteiger partial charge in [0, 0.05) is 15.5 Å². The Kier molecular flexibility index (Phi) is 2.88. The lowest BCUT2D eigenvalue weighted by Gasteiger charge is -2.65. The Balaban J connectivity index is 1.86. The molecule has 0 radical (unpaired) electrons. The van der Waals surface area contributed by atoms with Gasteiger partial charge in [-0.1, -0.05) is 29.8 Å². The van der Waals surface area contributed by atoms with E-state index in [9.17, 15) is 0 Å². The van der Waals surface area contributed by atoms with Crippen molar-refractivity contribution in [3.8, 4) is 5.75 Å². The van der Waals surface area contributed by atoms with Gasteiger partial charge in [0.1, 0.15) is 5.75 Å². The van der Waals surface area contributed by atoms with Gasteiger partial charge in [0.05, 0.1) is 7.11 Å². The lowest BCUT2D eigenvalue weighted by Crippen LogP contribution is -2.56. The summed E-state index contributed by atoms with van der Waals surface area (Å²) in [6.07, 6.45) is 8.37. The van der Waals surface area contributed by atoms with Crippen molar-refractivity contribution in [2.24, 2.45) is 16.7 Å². The monoisotopic (exact) mass is 348 g/mol. The third-order valence-electron chi connectivity index (χ3n) is 6.36. The van der Waals surface area contributed by atoms with E-state index in [0.717, 1.165) is 11.7 Å². The van der Waals surface area contributed by atoms with Gasteiger partial charge < -0.3 is 4.74 Å². The molecule has 0 heterocycles. The van der Waals surface area contributed by atoms with Crippen molar-refractivity contribution < 1.29 is 4.74 Å². The maximum atomic E-state index is 5.73. The molecule has 4 saturated carbocycles. The summed E-state index contributed by atoms with van der Waals surface area (Å²) in [6, 6.07) is 6.58. The highest BCUT2D eigenvalue weighted by Crippen LogP contribution is 2.70. The van der Waals surface area contributed by atoms with Crippen LogP contribution in [0.25, 0.3) is 0 Å². The van der Waals surface area contributed by atoms with E-state index >= 15 is 0 Å². The van der Waals surface area contributed by atoms with E-state index in [-0.39, 0.29) is 0 Å². The summed E-state index contributed by atoms with van der Waals surface area (Å²) in [5.41, 5.74) is 2.89. The van der Waals surface area contributed by atoms with Crippen molar-refractivity contribution in [1.82, 2.24) is 0 Å². The molecule has 5 rings (SSSR count). The predicted molar refractivity (Wildman–Crippen MR) is 89.8 cm³/mol. The van der Waals surface area contributed by atoms with Crippen molar-refractivity contribution in [3.05, 3.63) is 28.2 Å². The topological polar surface area (TPSA) is 9.23 Å². The Morgan fingerprint density at radius 1 is 1.05 bits per heavy atom. The summed E-state index contributed by atoms with van der Waals surface area (Å²) >= 11 is 3.68. The lowest BCUT2D eigenvalue weighted by molar-refractivity contribution is -0.110. The molecule has 4 aliphatic rings. The highest BCUT2D eigenvalue weighted by atomic mass is 79.9. The van der Waals surface area contributed by atoms with Gasteiger partial charge in [-0.25, -0.2) is 0 Å². The molecule has 4 aliphatic carbocycles. The van der Waals surface area contributed by atoms with Crippen LogP contribution in [-0.4, -0.2) is 7.11 Å². The first-order valence-electron chi connectivity index (χ1n) is 8.20. The van der Waals surface area contributed by atoms with Gasteiger partial charge >= 0.3 is 0 Å². The molecule has 0 saturated heterocycles. The normalized spacial score (nSPS) is 44.1. The quantitative estimate of drug-likeness (QED) is 0.665. The van der Waals surface area contributed by atoms with Crippen LogP contribution in [0.4, 0.5) is 0 Å². The van der Waals surface area contributed by atoms with E-state index in [2.05, 4.69) is 48.0 Å². The van der Waals surface area contributed by atoms with Gasteiger partial charge in [-0.05, 0) is 73.5 Å². The Bertz CT molecular complexity index is 575. The second-order valence-corrected chi connectivity index (χ2v) is 9.67. The summed E-state index contributed by atoms with van der Waals surface area (Å²) in [5.74, 6) is 2.01. The number of ether oxygens (including phenoxy) is 1. The summed E-state index contributed by atoms with van der Waals surface area (Å²) in [5, 5.41) is 0. The minimum atomic E-state index is 0.345. The van der Waals surface area contributed by atoms with E-state index < -0.39 is 0 Å². The van der Waals surface area contributed by atoms with E-state index in [1.165, 1.54) is 48.6 Å². The highest BCUT2D eigenvalue weighted by molar-refractivity contribution is 9.10. The molecule has 1 aromatic carbocycles. The van der Waals surface area contributed by atoms with Gasteiger partial charge in [0.2, 0.25) is 0 Å². The van der Waals surface area contributed by atoms with Crippen molar-refractivity contribution in [1.29, 1.82) is 0 Å². The van der Waals surface area contributed by atoms with E-state index in [1.807, 2.05) is 7.11 Å². The van der Waals surface area contributed by atoms with Crippen LogP contribution in [0.15, 0.2) is 22.7 Å². The first-order chi connectivity index (χ1) is 9.85. The van der Waals surface area contributed by atoms with Crippen LogP contribution < -0.4 is 4.74 Å². The van der Waals surface area contributed by atoms with E-state index in [1.54, 1.807) is 0 Å². The molecule has 2 atom stereocenters. The number of hydrogen-bond donors (Lipinski definition) is 0. The fourth-order valence-corrected chi connectivity index (χ4v) is 7.20. The van der Waals surface area contributed by atoms with Gasteiger partial charge in [-0.15, -0.1) is 0 Å². The largest absolute Gasteiger partial charge is 0.496 e. The molecule has 0 aliphatic heterocycles. The Morgan fingerprint density at radius 2 is 1.71 bits per heavy atom. The lowest BCUT2D eigenvalue weighted by atomic mass is 9.39. The highest BCUT2D eigenvalue weighted by Gasteiger charge is 2.61. The first kappa shape index (κ1) is 14.1. The van der Waals surface area contributed by atoms with Crippen LogP contribution in [0, 0.1) is 16.7 Å². The number of hydrogen-bond acceptors (Lipinski definition) is 1. The molecule has 0 spiro atoms. The van der Waals surface area contributed by atoms with Crippen LogP contribution >= 0.6 is 15.9 Å². The zero-order valence-corrected chi connectivity index (χ0v) is 14.9. The molecule has 1 aromatic rings. The SMILES string of the molecule is COc1ccc(Br)cc1C12CC3CC(C)(CC(C)(C3)C1)C2. The van der Waals surface area contributed by atoms with Gasteiger partial charge in [-0.2, -0.15) is 0 Å². The molecule has 0 amide bonds. The molecular formula is C19H25BrO. The Hall–Kier alpha value is -0.500. The van der Waals surface area contributed by atoms with Crippen molar-refractivity contribution in [2.75, 3.05) is 7.11 Å². The van der Waals surface area contributed by atoms with Gasteiger partial charge in [-0.3, -0.25) is 0 Å². The van der Waals surface area contributed by atoms with Crippen molar-refractivity contribution in [3.63, 3.8) is 0 Å². The molecular weight excluding hydrogens is 324 g/mol. The molecule has 0 aromatic heterocycles. The summed E-state index contributed by atoms with van der Waals surface area (Å²) in [7, 11) is 1.82. The average Bonchev–Trinajstić information content (AvgIpc) is 2.34. The van der Waals surface area contributed by atoms with Crippen molar-refractivity contribution >= 4 is 15.9 Å². The van der Waals surface area contributed by atoms with E-state index in [0.29, 0.717) is 16.2 Å². The fraction of sp³-hybridized carbons (Fsp3) is 0.684. The van der Waals surface area contributed by atoms with Crippen LogP contribution in [0.2, 0.25) is 0 Å². The Labute approximate surface area is 136 Å². The molecule has 1 nitrogen and oxygen atoms in total. The second-order valence-electron chi connectivity index (χ2n) is 8.75. The maximum Gasteiger partial charge on any atom is 0.122 e. The first-order valence-corrected chi connectivity index (χ1v) is 8.99. The minimum absolute atomic E-state index is 0.345. The van der Waals surface area contributed by atoms with Crippen LogP contribution in [0.5, 0.6) is 5.75 Å². The van der Waals surface area contributed by atoms with Gasteiger partial charge in [0.25, 0.3) is 0 Å². The third-order valence-corrected chi connectivity index (χ3v) is 6.85. The Morgan fingerprint density at radius 3 is 2.29 bits per heavy atom. The summed E-state index contributed by atoms with van der Waals surface area (Å²) in [4.78, 5) is 0. The molecule has 4 fully saturated rings. The summed E-state index contributed by atoms with van der Waals surface area (Å²) in [6.45, 7) is 5.07. The smallest absolute Gasteiger partial charge is 0.122 e. The minimum Gasteiger partial charge on any atom is -0.496 e. The van der Waals surface area contributed by atoms with Crippen LogP contribution in [-0.2, 0) is 5.41 Å². The number of halogens is 1. The number of benzene rings is 1. The second kappa shape index (κ2) is 4.28. The molecule has 2 unspecified atom stereocenters. The molecule has 2 heteroatoms. The third kappa shape index (κ3) is 2.09. The van der Waals surface area contributed by atoms with Crippen LogP contribution in [0.1, 0.15) is 57.9 Å². The number of methoxy groups -OCH3 is 1. The number of rotatable bonds is 2. The molecule has 114 valence electrons. The van der Waals surface area contributed by atoms with Gasteiger partial charge in [0.15, 0.2) is 0 Å². The average molecular weight is 349 g/mol. The zero-order chi connectivity index (χ0) is 14.9. The predicted octanol–water partition coefficient (Wildman–Crippen LogP) is 5.71. The molecule has 0 N–H and O–H groups in total.